The summed E-state index contributed by atoms with van der Waals surface area (Å²) in [4.78, 5) is 36.9. The van der Waals surface area contributed by atoms with Crippen LogP contribution in [0.3, 0.4) is 0 Å². The van der Waals surface area contributed by atoms with Crippen LogP contribution in [0.15, 0.2) is 42.7 Å². The zero-order chi connectivity index (χ0) is 36.2. The van der Waals surface area contributed by atoms with E-state index in [1.165, 1.54) is 32.4 Å². The summed E-state index contributed by atoms with van der Waals surface area (Å²) in [5.41, 5.74) is 3.91. The number of nitrogens with one attached hydrogen (secondary N) is 3. The standard InChI is InChI=1S/C36H39F4N7O3/c1-21-17-46(18-25-9-8-22(2)44-23(25)3)12-10-29(21)45-35(49)27-13-24(14-31-33(27)43-20-47(31)19-36(38,39)40)7-6-11-42-30-15-26(34(48)41-4)28(37)16-32(30)50-5/h8-9,13-16,20-21,29,42H,10-12,17-19H2,1-5H3,(H,41,48)(H,45,49)/t21-,29-/m0/s1. The van der Waals surface area contributed by atoms with Crippen molar-refractivity contribution in [1.29, 1.82) is 0 Å². The molecule has 3 heterocycles. The highest BCUT2D eigenvalue weighted by Crippen LogP contribution is 2.29. The maximum Gasteiger partial charge on any atom is 0.406 e. The van der Waals surface area contributed by atoms with Crippen LogP contribution in [0.25, 0.3) is 11.0 Å². The first-order valence-corrected chi connectivity index (χ1v) is 16.1. The Labute approximate surface area is 287 Å². The molecule has 2 aromatic heterocycles. The van der Waals surface area contributed by atoms with Crippen LogP contribution >= 0.6 is 0 Å². The molecule has 0 bridgehead atoms. The lowest BCUT2D eigenvalue weighted by atomic mass is 9.93. The molecule has 0 aliphatic carbocycles. The molecule has 50 heavy (non-hydrogen) atoms. The number of methoxy groups -OCH3 is 1. The Morgan fingerprint density at radius 2 is 1.88 bits per heavy atom. The summed E-state index contributed by atoms with van der Waals surface area (Å²) in [5, 5.41) is 8.45. The molecule has 5 rings (SSSR count). The average Bonchev–Trinajstić information content (AvgIpc) is 3.45. The summed E-state index contributed by atoms with van der Waals surface area (Å²) in [6.07, 6.45) is -2.75. The van der Waals surface area contributed by atoms with E-state index in [-0.39, 0.29) is 46.4 Å². The second-order valence-corrected chi connectivity index (χ2v) is 12.4. The van der Waals surface area contributed by atoms with E-state index in [1.807, 2.05) is 19.9 Å². The van der Waals surface area contributed by atoms with Crippen LogP contribution < -0.4 is 20.7 Å². The molecule has 264 valence electrons. The Morgan fingerprint density at radius 3 is 2.56 bits per heavy atom. The van der Waals surface area contributed by atoms with Gasteiger partial charge in [-0.25, -0.2) is 9.37 Å². The van der Waals surface area contributed by atoms with Crippen molar-refractivity contribution >= 4 is 28.5 Å². The molecule has 0 radical (unpaired) electrons. The number of nitrogens with zero attached hydrogens (tertiary/aromatic N) is 4. The number of carbonyl (C=O) groups excluding carboxylic acids is 2. The zero-order valence-corrected chi connectivity index (χ0v) is 28.5. The van der Waals surface area contributed by atoms with Crippen LogP contribution in [0, 0.1) is 37.4 Å². The SMILES string of the molecule is CNC(=O)c1cc(NCC#Cc2cc(C(=O)N[C@H]3CCN(Cc4ccc(C)nc4C)C[C@@H]3C)c3ncn(CC(F)(F)F)c3c2)c(OC)cc1F. The van der Waals surface area contributed by atoms with Crippen molar-refractivity contribution < 1.29 is 31.9 Å². The number of aryl methyl sites for hydroxylation is 2. The van der Waals surface area contributed by atoms with Crippen LogP contribution in [0.2, 0.25) is 0 Å². The van der Waals surface area contributed by atoms with Gasteiger partial charge in [0.05, 0.1) is 42.3 Å². The average molecular weight is 694 g/mol. The van der Waals surface area contributed by atoms with Gasteiger partial charge in [0.25, 0.3) is 11.8 Å². The summed E-state index contributed by atoms with van der Waals surface area (Å²) in [6, 6.07) is 9.28. The van der Waals surface area contributed by atoms with E-state index in [2.05, 4.69) is 55.6 Å². The highest BCUT2D eigenvalue weighted by molar-refractivity contribution is 6.05. The molecule has 0 unspecified atom stereocenters. The normalized spacial score (nSPS) is 16.4. The molecule has 2 amide bonds. The summed E-state index contributed by atoms with van der Waals surface area (Å²) in [6.45, 7) is 6.99. The van der Waals surface area contributed by atoms with E-state index in [1.54, 1.807) is 0 Å². The largest absolute Gasteiger partial charge is 0.494 e. The molecule has 4 aromatic rings. The minimum absolute atomic E-state index is 0.00478. The van der Waals surface area contributed by atoms with Crippen molar-refractivity contribution in [2.24, 2.45) is 5.92 Å². The number of benzene rings is 2. The molecule has 10 nitrogen and oxygen atoms in total. The Hall–Kier alpha value is -5.16. The molecular weight excluding hydrogens is 654 g/mol. The van der Waals surface area contributed by atoms with Gasteiger partial charge in [0.15, 0.2) is 0 Å². The van der Waals surface area contributed by atoms with E-state index in [9.17, 15) is 27.2 Å². The van der Waals surface area contributed by atoms with Gasteiger partial charge in [0.2, 0.25) is 0 Å². The zero-order valence-electron chi connectivity index (χ0n) is 28.5. The van der Waals surface area contributed by atoms with Gasteiger partial charge in [0.1, 0.15) is 23.6 Å². The van der Waals surface area contributed by atoms with Crippen molar-refractivity contribution in [1.82, 2.24) is 30.1 Å². The molecular formula is C36H39F4N7O3. The highest BCUT2D eigenvalue weighted by Gasteiger charge is 2.31. The number of halogens is 4. The predicted molar refractivity (Wildman–Crippen MR) is 182 cm³/mol. The van der Waals surface area contributed by atoms with Crippen molar-refractivity contribution in [3.05, 3.63) is 82.2 Å². The summed E-state index contributed by atoms with van der Waals surface area (Å²) in [5.74, 6) is 4.21. The third kappa shape index (κ3) is 8.52. The molecule has 2 atom stereocenters. The molecule has 1 aliphatic heterocycles. The number of hydrogen-bond acceptors (Lipinski definition) is 7. The van der Waals surface area contributed by atoms with E-state index >= 15 is 0 Å². The molecule has 1 saturated heterocycles. The lowest BCUT2D eigenvalue weighted by Crippen LogP contribution is -2.49. The lowest BCUT2D eigenvalue weighted by Gasteiger charge is -2.37. The number of ether oxygens (including phenoxy) is 1. The molecule has 1 aliphatic rings. The van der Waals surface area contributed by atoms with Crippen LogP contribution in [-0.4, -0.2) is 77.3 Å². The van der Waals surface area contributed by atoms with Crippen molar-refractivity contribution in [2.75, 3.05) is 39.1 Å². The highest BCUT2D eigenvalue weighted by atomic mass is 19.4. The van der Waals surface area contributed by atoms with E-state index in [0.29, 0.717) is 17.7 Å². The summed E-state index contributed by atoms with van der Waals surface area (Å²) < 4.78 is 60.9. The number of alkyl halides is 3. The number of amides is 2. The third-order valence-electron chi connectivity index (χ3n) is 8.71. The first kappa shape index (κ1) is 36.1. The Bertz CT molecular complexity index is 1960. The number of likely N-dealkylation sites (tertiary alicyclic amines) is 1. The van der Waals surface area contributed by atoms with Crippen molar-refractivity contribution in [3.8, 4) is 17.6 Å². The van der Waals surface area contributed by atoms with Crippen LogP contribution in [0.5, 0.6) is 5.75 Å². The van der Waals surface area contributed by atoms with Gasteiger partial charge >= 0.3 is 6.18 Å². The number of rotatable bonds is 9. The lowest BCUT2D eigenvalue weighted by molar-refractivity contribution is -0.140. The Balaban J connectivity index is 1.35. The van der Waals surface area contributed by atoms with Gasteiger partial charge in [-0.05, 0) is 56.0 Å². The molecule has 3 N–H and O–H groups in total. The predicted octanol–water partition coefficient (Wildman–Crippen LogP) is 5.22. The van der Waals surface area contributed by atoms with Crippen molar-refractivity contribution in [3.63, 3.8) is 0 Å². The van der Waals surface area contributed by atoms with E-state index < -0.39 is 30.4 Å². The van der Waals surface area contributed by atoms with Gasteiger partial charge in [0, 0.05) is 55.7 Å². The van der Waals surface area contributed by atoms with Gasteiger partial charge in [-0.3, -0.25) is 19.5 Å². The second-order valence-electron chi connectivity index (χ2n) is 12.4. The van der Waals surface area contributed by atoms with Gasteiger partial charge in [-0.2, -0.15) is 13.2 Å². The first-order chi connectivity index (χ1) is 23.8. The monoisotopic (exact) mass is 693 g/mol. The number of carbonyl (C=O) groups is 2. The minimum Gasteiger partial charge on any atom is -0.494 e. The molecule has 0 spiro atoms. The third-order valence-corrected chi connectivity index (χ3v) is 8.71. The number of aromatic nitrogens is 3. The topological polar surface area (TPSA) is 113 Å². The first-order valence-electron chi connectivity index (χ1n) is 16.1. The maximum absolute atomic E-state index is 14.4. The fraction of sp³-hybridized carbons (Fsp3) is 0.389. The summed E-state index contributed by atoms with van der Waals surface area (Å²) in [7, 11) is 2.73. The van der Waals surface area contributed by atoms with Gasteiger partial charge in [-0.15, -0.1) is 0 Å². The maximum atomic E-state index is 14.4. The molecule has 0 saturated carbocycles. The number of pyridine rings is 1. The molecule has 1 fully saturated rings. The molecule has 14 heteroatoms. The van der Waals surface area contributed by atoms with E-state index in [0.717, 1.165) is 53.5 Å². The minimum atomic E-state index is -4.51. The molecule has 2 aromatic carbocycles. The number of piperidine rings is 1. The quantitative estimate of drug-likeness (QED) is 0.163. The van der Waals surface area contributed by atoms with Crippen molar-refractivity contribution in [2.45, 2.75) is 52.5 Å². The number of imidazole rings is 1. The Morgan fingerprint density at radius 1 is 1.10 bits per heavy atom. The summed E-state index contributed by atoms with van der Waals surface area (Å²) >= 11 is 0. The number of hydrogen-bond donors (Lipinski definition) is 3. The van der Waals surface area contributed by atoms with Crippen LogP contribution in [-0.2, 0) is 13.1 Å². The van der Waals surface area contributed by atoms with Crippen LogP contribution in [0.1, 0.15) is 56.6 Å². The number of fused-ring (bicyclic) bond motifs is 1. The van der Waals surface area contributed by atoms with Gasteiger partial charge in [-0.1, -0.05) is 24.8 Å². The van der Waals surface area contributed by atoms with Gasteiger partial charge < -0.3 is 25.3 Å². The fourth-order valence-corrected chi connectivity index (χ4v) is 6.14. The fourth-order valence-electron chi connectivity index (χ4n) is 6.14. The van der Waals surface area contributed by atoms with E-state index in [4.69, 9.17) is 4.74 Å². The van der Waals surface area contributed by atoms with Crippen LogP contribution in [0.4, 0.5) is 23.2 Å². The second kappa shape index (κ2) is 15.2. The Kier molecular flexibility index (Phi) is 11.0. The number of anilines is 1. The smallest absolute Gasteiger partial charge is 0.406 e.